The van der Waals surface area contributed by atoms with Gasteiger partial charge in [-0.15, -0.1) is 0 Å². The van der Waals surface area contributed by atoms with Crippen molar-refractivity contribution in [2.75, 3.05) is 14.2 Å². The van der Waals surface area contributed by atoms with Gasteiger partial charge in [0.05, 0.1) is 26.0 Å². The maximum Gasteiger partial charge on any atom is 0.216 e. The van der Waals surface area contributed by atoms with Gasteiger partial charge in [0.1, 0.15) is 23.0 Å². The summed E-state index contributed by atoms with van der Waals surface area (Å²) in [6.07, 6.45) is 1.42. The average molecular weight is 372 g/mol. The fraction of sp³-hybridized carbons (Fsp3) is 0.118. The summed E-state index contributed by atoms with van der Waals surface area (Å²) in [6, 6.07) is 9.49. The highest BCUT2D eigenvalue weighted by atomic mass is 32.1. The number of hydrogen-bond acceptors (Lipinski definition) is 7. The highest BCUT2D eigenvalue weighted by molar-refractivity contribution is 7.71. The van der Waals surface area contributed by atoms with Crippen molar-refractivity contribution in [2.24, 2.45) is 5.10 Å². The lowest BCUT2D eigenvalue weighted by molar-refractivity contribution is 0.395. The van der Waals surface area contributed by atoms with Crippen molar-refractivity contribution in [3.8, 4) is 34.4 Å². The number of nitrogens with zero attached hydrogens (tertiary/aromatic N) is 3. The molecule has 0 radical (unpaired) electrons. The van der Waals surface area contributed by atoms with Crippen molar-refractivity contribution < 1.29 is 19.7 Å². The molecule has 26 heavy (non-hydrogen) atoms. The number of nitrogens with one attached hydrogen (secondary N) is 1. The first-order valence-corrected chi connectivity index (χ1v) is 7.90. The average Bonchev–Trinajstić information content (AvgIpc) is 3.01. The van der Waals surface area contributed by atoms with Crippen LogP contribution in [0.2, 0.25) is 0 Å². The van der Waals surface area contributed by atoms with Crippen LogP contribution in [-0.4, -0.2) is 45.5 Å². The first-order chi connectivity index (χ1) is 12.5. The molecule has 9 heteroatoms. The number of ether oxygens (including phenoxy) is 2. The fourth-order valence-corrected chi connectivity index (χ4v) is 2.50. The maximum absolute atomic E-state index is 9.87. The summed E-state index contributed by atoms with van der Waals surface area (Å²) in [7, 11) is 3.11. The van der Waals surface area contributed by atoms with E-state index in [1.54, 1.807) is 32.4 Å². The number of aromatic amines is 1. The molecule has 0 saturated carbocycles. The Balaban J connectivity index is 2.05. The van der Waals surface area contributed by atoms with Gasteiger partial charge in [0, 0.05) is 17.7 Å². The molecule has 2 aromatic carbocycles. The molecule has 3 rings (SSSR count). The number of phenols is 2. The van der Waals surface area contributed by atoms with Crippen molar-refractivity contribution in [3.05, 3.63) is 46.7 Å². The Kier molecular flexibility index (Phi) is 4.90. The number of benzene rings is 2. The third-order valence-corrected chi connectivity index (χ3v) is 3.89. The molecule has 0 atom stereocenters. The topological polar surface area (TPSA) is 105 Å². The van der Waals surface area contributed by atoms with E-state index in [0.717, 1.165) is 0 Å². The molecule has 0 spiro atoms. The van der Waals surface area contributed by atoms with E-state index >= 15 is 0 Å². The fourth-order valence-electron chi connectivity index (χ4n) is 2.32. The standard InChI is InChI=1S/C17H16N4O4S/c1-24-12-5-6-13(15(8-12)25-2)16-19-20-17(26)21(16)18-9-10-3-4-11(22)7-14(10)23/h3-9,22-23H,1-2H3,(H,20,26)/b18-9+. The number of aromatic nitrogens is 3. The summed E-state index contributed by atoms with van der Waals surface area (Å²) in [6.45, 7) is 0. The summed E-state index contributed by atoms with van der Waals surface area (Å²) in [5.74, 6) is 1.48. The molecule has 1 aromatic heterocycles. The van der Waals surface area contributed by atoms with E-state index in [4.69, 9.17) is 21.7 Å². The monoisotopic (exact) mass is 372 g/mol. The minimum Gasteiger partial charge on any atom is -0.508 e. The number of H-pyrrole nitrogens is 1. The number of aromatic hydroxyl groups is 2. The number of phenolic OH excluding ortho intramolecular Hbond substituents is 2. The van der Waals surface area contributed by atoms with Crippen molar-refractivity contribution in [1.29, 1.82) is 0 Å². The Morgan fingerprint density at radius 1 is 1.15 bits per heavy atom. The summed E-state index contributed by atoms with van der Waals surface area (Å²) in [4.78, 5) is 0. The Labute approximate surface area is 154 Å². The van der Waals surface area contributed by atoms with Gasteiger partial charge in [0.25, 0.3) is 0 Å². The number of hydrogen-bond donors (Lipinski definition) is 3. The Hall–Kier alpha value is -3.33. The van der Waals surface area contributed by atoms with Crippen LogP contribution in [0.25, 0.3) is 11.4 Å². The molecular weight excluding hydrogens is 356 g/mol. The molecule has 0 aliphatic carbocycles. The van der Waals surface area contributed by atoms with Crippen LogP contribution in [0.5, 0.6) is 23.0 Å². The zero-order chi connectivity index (χ0) is 18.7. The zero-order valence-electron chi connectivity index (χ0n) is 14.0. The molecular formula is C17H16N4O4S. The van der Waals surface area contributed by atoms with E-state index in [1.165, 1.54) is 29.1 Å². The van der Waals surface area contributed by atoms with E-state index in [0.29, 0.717) is 28.5 Å². The van der Waals surface area contributed by atoms with Gasteiger partial charge in [0.2, 0.25) is 4.77 Å². The second-order valence-electron chi connectivity index (χ2n) is 5.22. The van der Waals surface area contributed by atoms with Crippen molar-refractivity contribution in [3.63, 3.8) is 0 Å². The zero-order valence-corrected chi connectivity index (χ0v) is 14.8. The Morgan fingerprint density at radius 2 is 1.96 bits per heavy atom. The molecule has 134 valence electrons. The first-order valence-electron chi connectivity index (χ1n) is 7.49. The van der Waals surface area contributed by atoms with E-state index < -0.39 is 0 Å². The molecule has 0 aliphatic heterocycles. The predicted octanol–water partition coefficient (Wildman–Crippen LogP) is 2.92. The summed E-state index contributed by atoms with van der Waals surface area (Å²) < 4.78 is 12.3. The van der Waals surface area contributed by atoms with Crippen LogP contribution in [0.1, 0.15) is 5.56 Å². The van der Waals surface area contributed by atoms with Crippen molar-refractivity contribution in [1.82, 2.24) is 14.9 Å². The van der Waals surface area contributed by atoms with Crippen molar-refractivity contribution in [2.45, 2.75) is 0 Å². The van der Waals surface area contributed by atoms with Gasteiger partial charge in [-0.2, -0.15) is 14.9 Å². The largest absolute Gasteiger partial charge is 0.508 e. The lowest BCUT2D eigenvalue weighted by Crippen LogP contribution is -1.98. The maximum atomic E-state index is 9.87. The van der Waals surface area contributed by atoms with Crippen LogP contribution in [0, 0.1) is 4.77 Å². The van der Waals surface area contributed by atoms with Crippen LogP contribution < -0.4 is 9.47 Å². The molecule has 8 nitrogen and oxygen atoms in total. The van der Waals surface area contributed by atoms with E-state index in [1.807, 2.05) is 0 Å². The lowest BCUT2D eigenvalue weighted by atomic mass is 10.2. The van der Waals surface area contributed by atoms with Gasteiger partial charge in [-0.1, -0.05) is 0 Å². The molecule has 1 heterocycles. The molecule has 0 bridgehead atoms. The SMILES string of the molecule is COc1ccc(-c2n[nH]c(=S)n2/N=C/c2ccc(O)cc2O)c(OC)c1. The molecule has 0 saturated heterocycles. The van der Waals surface area contributed by atoms with Gasteiger partial charge < -0.3 is 19.7 Å². The summed E-state index contributed by atoms with van der Waals surface area (Å²) >= 11 is 5.23. The molecule has 0 unspecified atom stereocenters. The molecule has 3 aromatic rings. The van der Waals surface area contributed by atoms with E-state index in [-0.39, 0.29) is 16.3 Å². The van der Waals surface area contributed by atoms with Gasteiger partial charge in [0.15, 0.2) is 5.82 Å². The van der Waals surface area contributed by atoms with Gasteiger partial charge in [-0.3, -0.25) is 0 Å². The third kappa shape index (κ3) is 3.38. The Morgan fingerprint density at radius 3 is 2.65 bits per heavy atom. The van der Waals surface area contributed by atoms with Crippen LogP contribution in [0.3, 0.4) is 0 Å². The third-order valence-electron chi connectivity index (χ3n) is 3.63. The lowest BCUT2D eigenvalue weighted by Gasteiger charge is -2.09. The van der Waals surface area contributed by atoms with Gasteiger partial charge >= 0.3 is 0 Å². The molecule has 0 amide bonds. The summed E-state index contributed by atoms with van der Waals surface area (Å²) in [5, 5.41) is 30.4. The summed E-state index contributed by atoms with van der Waals surface area (Å²) in [5.41, 5.74) is 1.08. The second kappa shape index (κ2) is 7.28. The van der Waals surface area contributed by atoms with Crippen LogP contribution >= 0.6 is 12.2 Å². The number of rotatable bonds is 5. The van der Waals surface area contributed by atoms with Crippen molar-refractivity contribution >= 4 is 18.4 Å². The number of methoxy groups -OCH3 is 2. The Bertz CT molecular complexity index is 1030. The normalized spacial score (nSPS) is 11.0. The predicted molar refractivity (Wildman–Crippen MR) is 98.7 cm³/mol. The smallest absolute Gasteiger partial charge is 0.216 e. The molecule has 0 fully saturated rings. The highest BCUT2D eigenvalue weighted by Gasteiger charge is 2.14. The van der Waals surface area contributed by atoms with Gasteiger partial charge in [-0.25, -0.2) is 5.10 Å². The highest BCUT2D eigenvalue weighted by Crippen LogP contribution is 2.32. The quantitative estimate of drug-likeness (QED) is 0.470. The van der Waals surface area contributed by atoms with Crippen LogP contribution in [0.4, 0.5) is 0 Å². The van der Waals surface area contributed by atoms with E-state index in [2.05, 4.69) is 15.3 Å². The minimum atomic E-state index is -0.104. The molecule has 3 N–H and O–H groups in total. The minimum absolute atomic E-state index is 0.0387. The van der Waals surface area contributed by atoms with E-state index in [9.17, 15) is 10.2 Å². The van der Waals surface area contributed by atoms with Crippen LogP contribution in [0.15, 0.2) is 41.5 Å². The second-order valence-corrected chi connectivity index (χ2v) is 5.60. The van der Waals surface area contributed by atoms with Crippen LogP contribution in [-0.2, 0) is 0 Å². The van der Waals surface area contributed by atoms with Gasteiger partial charge in [-0.05, 0) is 36.5 Å². The first kappa shape index (κ1) is 17.5. The molecule has 0 aliphatic rings.